The fraction of sp³-hybridized carbons (Fsp3) is 0.130. The van der Waals surface area contributed by atoms with Crippen LogP contribution in [-0.2, 0) is 13.0 Å². The predicted molar refractivity (Wildman–Crippen MR) is 123 cm³/mol. The van der Waals surface area contributed by atoms with Gasteiger partial charge in [-0.25, -0.2) is 4.98 Å². The molecule has 0 unspecified atom stereocenters. The zero-order valence-electron chi connectivity index (χ0n) is 16.1. The number of nitrogens with two attached hydrogens (primary N) is 1. The third-order valence-electron chi connectivity index (χ3n) is 4.85. The first-order valence-corrected chi connectivity index (χ1v) is 10.3. The number of rotatable bonds is 6. The Morgan fingerprint density at radius 1 is 1.00 bits per heavy atom. The molecule has 0 saturated heterocycles. The third kappa shape index (κ3) is 4.58. The van der Waals surface area contributed by atoms with Crippen molar-refractivity contribution in [1.29, 1.82) is 0 Å². The molecule has 30 heavy (non-hydrogen) atoms. The second-order valence-corrected chi connectivity index (χ2v) is 7.90. The van der Waals surface area contributed by atoms with E-state index in [9.17, 15) is 4.79 Å². The zero-order valence-corrected chi connectivity index (χ0v) is 17.6. The molecule has 4 rings (SSSR count). The van der Waals surface area contributed by atoms with Gasteiger partial charge in [-0.3, -0.25) is 4.79 Å². The molecule has 1 amide bonds. The average Bonchev–Trinajstić information content (AvgIpc) is 3.02. The van der Waals surface area contributed by atoms with Gasteiger partial charge < -0.3 is 15.6 Å². The highest BCUT2D eigenvalue weighted by atomic mass is 35.5. The molecule has 0 radical (unpaired) electrons. The number of fused-ring (bicyclic) bond motifs is 1. The number of carbonyl (C=O) groups excluding carboxylic acids is 1. The Morgan fingerprint density at radius 2 is 1.73 bits per heavy atom. The Balaban J connectivity index is 1.49. The van der Waals surface area contributed by atoms with Crippen molar-refractivity contribution < 1.29 is 4.79 Å². The Bertz CT molecular complexity index is 1180. The Labute approximate surface area is 184 Å². The lowest BCUT2D eigenvalue weighted by atomic mass is 10.1. The van der Waals surface area contributed by atoms with Gasteiger partial charge in [-0.05, 0) is 54.8 Å². The van der Waals surface area contributed by atoms with Crippen LogP contribution in [-0.4, -0.2) is 15.5 Å². The van der Waals surface area contributed by atoms with Crippen molar-refractivity contribution in [2.45, 2.75) is 19.4 Å². The van der Waals surface area contributed by atoms with Crippen LogP contribution in [0.15, 0.2) is 66.7 Å². The molecule has 0 saturated carbocycles. The van der Waals surface area contributed by atoms with E-state index in [2.05, 4.69) is 22.4 Å². The van der Waals surface area contributed by atoms with Crippen LogP contribution >= 0.6 is 23.2 Å². The Kier molecular flexibility index (Phi) is 5.93. The smallest absolute Gasteiger partial charge is 0.255 e. The number of nitrogens with one attached hydrogen (secondary N) is 1. The predicted octanol–water partition coefficient (Wildman–Crippen LogP) is 5.81. The van der Waals surface area contributed by atoms with E-state index in [4.69, 9.17) is 28.9 Å². The van der Waals surface area contributed by atoms with Crippen LogP contribution in [0, 0.1) is 0 Å². The van der Waals surface area contributed by atoms with Crippen LogP contribution in [0.4, 0.5) is 11.6 Å². The van der Waals surface area contributed by atoms with Crippen molar-refractivity contribution in [1.82, 2.24) is 9.55 Å². The minimum absolute atomic E-state index is 0.297. The first-order chi connectivity index (χ1) is 14.5. The van der Waals surface area contributed by atoms with Crippen LogP contribution in [0.5, 0.6) is 0 Å². The average molecular weight is 439 g/mol. The van der Waals surface area contributed by atoms with E-state index >= 15 is 0 Å². The summed E-state index contributed by atoms with van der Waals surface area (Å²) in [5.41, 5.74) is 10.1. The van der Waals surface area contributed by atoms with Gasteiger partial charge in [-0.15, -0.1) is 0 Å². The zero-order chi connectivity index (χ0) is 21.1. The van der Waals surface area contributed by atoms with Gasteiger partial charge >= 0.3 is 0 Å². The largest absolute Gasteiger partial charge is 0.369 e. The SMILES string of the molecule is Nc1nc2cc(NC(=O)c3cc(Cl)cc(Cl)c3)ccc2n1CCCc1ccccc1. The number of hydrogen-bond acceptors (Lipinski definition) is 3. The van der Waals surface area contributed by atoms with Crippen molar-refractivity contribution in [3.8, 4) is 0 Å². The van der Waals surface area contributed by atoms with Gasteiger partial charge in [0.15, 0.2) is 0 Å². The maximum Gasteiger partial charge on any atom is 0.255 e. The van der Waals surface area contributed by atoms with E-state index in [0.717, 1.165) is 30.4 Å². The molecule has 1 heterocycles. The van der Waals surface area contributed by atoms with Crippen molar-refractivity contribution in [2.24, 2.45) is 0 Å². The van der Waals surface area contributed by atoms with Gasteiger partial charge in [-0.1, -0.05) is 53.5 Å². The Morgan fingerprint density at radius 3 is 2.47 bits per heavy atom. The number of nitrogens with zero attached hydrogens (tertiary/aromatic N) is 2. The first kappa shape index (κ1) is 20.3. The summed E-state index contributed by atoms with van der Waals surface area (Å²) in [7, 11) is 0. The summed E-state index contributed by atoms with van der Waals surface area (Å²) in [6.45, 7) is 0.768. The lowest BCUT2D eigenvalue weighted by Gasteiger charge is -2.08. The molecule has 0 spiro atoms. The lowest BCUT2D eigenvalue weighted by molar-refractivity contribution is 0.102. The second-order valence-electron chi connectivity index (χ2n) is 7.03. The van der Waals surface area contributed by atoms with E-state index in [1.807, 2.05) is 41.0 Å². The molecule has 5 nitrogen and oxygen atoms in total. The van der Waals surface area contributed by atoms with Crippen molar-refractivity contribution in [2.75, 3.05) is 11.1 Å². The number of nitrogen functional groups attached to an aromatic ring is 1. The van der Waals surface area contributed by atoms with Gasteiger partial charge in [0.2, 0.25) is 5.95 Å². The highest BCUT2D eigenvalue weighted by Gasteiger charge is 2.12. The molecule has 7 heteroatoms. The summed E-state index contributed by atoms with van der Waals surface area (Å²) in [4.78, 5) is 17.0. The summed E-state index contributed by atoms with van der Waals surface area (Å²) in [5.74, 6) is 0.164. The van der Waals surface area contributed by atoms with E-state index in [-0.39, 0.29) is 5.91 Å². The molecule has 3 aromatic carbocycles. The molecular formula is C23H20Cl2N4O. The highest BCUT2D eigenvalue weighted by molar-refractivity contribution is 6.35. The topological polar surface area (TPSA) is 72.9 Å². The summed E-state index contributed by atoms with van der Waals surface area (Å²) in [6.07, 6.45) is 1.92. The highest BCUT2D eigenvalue weighted by Crippen LogP contribution is 2.24. The van der Waals surface area contributed by atoms with Crippen LogP contribution in [0.1, 0.15) is 22.3 Å². The van der Waals surface area contributed by atoms with Gasteiger partial charge in [0, 0.05) is 27.8 Å². The number of imidazole rings is 1. The van der Waals surface area contributed by atoms with Crippen molar-refractivity contribution in [3.05, 3.63) is 87.9 Å². The molecule has 1 aromatic heterocycles. The van der Waals surface area contributed by atoms with Crippen LogP contribution in [0.25, 0.3) is 11.0 Å². The molecule has 3 N–H and O–H groups in total. The van der Waals surface area contributed by atoms with E-state index in [1.54, 1.807) is 18.2 Å². The number of halogens is 2. The quantitative estimate of drug-likeness (QED) is 0.398. The minimum Gasteiger partial charge on any atom is -0.369 e. The minimum atomic E-state index is -0.297. The second kappa shape index (κ2) is 8.78. The summed E-state index contributed by atoms with van der Waals surface area (Å²) >= 11 is 12.0. The Hall–Kier alpha value is -3.02. The van der Waals surface area contributed by atoms with Crippen molar-refractivity contribution in [3.63, 3.8) is 0 Å². The third-order valence-corrected chi connectivity index (χ3v) is 5.29. The summed E-state index contributed by atoms with van der Waals surface area (Å²) in [6, 6.07) is 20.6. The lowest BCUT2D eigenvalue weighted by Crippen LogP contribution is -2.11. The monoisotopic (exact) mass is 438 g/mol. The molecular weight excluding hydrogens is 419 g/mol. The fourth-order valence-electron chi connectivity index (χ4n) is 3.44. The van der Waals surface area contributed by atoms with E-state index in [1.165, 1.54) is 5.56 Å². The summed E-state index contributed by atoms with van der Waals surface area (Å²) < 4.78 is 2.00. The molecule has 152 valence electrons. The van der Waals surface area contributed by atoms with Gasteiger partial charge in [-0.2, -0.15) is 0 Å². The standard InChI is InChI=1S/C23H20Cl2N4O/c24-17-11-16(12-18(25)13-17)22(30)27-19-8-9-21-20(14-19)28-23(26)29(21)10-4-7-15-5-2-1-3-6-15/h1-3,5-6,8-9,11-14H,4,7,10H2,(H2,26,28)(H,27,30). The van der Waals surface area contributed by atoms with Crippen LogP contribution in [0.3, 0.4) is 0 Å². The maximum absolute atomic E-state index is 12.5. The number of carbonyl (C=O) groups is 1. The van der Waals surface area contributed by atoms with E-state index < -0.39 is 0 Å². The van der Waals surface area contributed by atoms with Crippen LogP contribution in [0.2, 0.25) is 10.0 Å². The first-order valence-electron chi connectivity index (χ1n) is 9.57. The van der Waals surface area contributed by atoms with Gasteiger partial charge in [0.25, 0.3) is 5.91 Å². The molecule has 0 fully saturated rings. The molecule has 4 aromatic rings. The normalized spacial score (nSPS) is 11.0. The molecule has 0 atom stereocenters. The molecule has 0 aliphatic rings. The maximum atomic E-state index is 12.5. The fourth-order valence-corrected chi connectivity index (χ4v) is 3.96. The van der Waals surface area contributed by atoms with E-state index in [0.29, 0.717) is 27.2 Å². The number of anilines is 2. The number of benzene rings is 3. The molecule has 0 bridgehead atoms. The van der Waals surface area contributed by atoms with Crippen molar-refractivity contribution >= 4 is 51.8 Å². The van der Waals surface area contributed by atoms with Gasteiger partial charge in [0.05, 0.1) is 11.0 Å². The number of aryl methyl sites for hydroxylation is 2. The van der Waals surface area contributed by atoms with Crippen LogP contribution < -0.4 is 11.1 Å². The van der Waals surface area contributed by atoms with Gasteiger partial charge in [0.1, 0.15) is 0 Å². The molecule has 0 aliphatic heterocycles. The number of hydrogen-bond donors (Lipinski definition) is 2. The number of amides is 1. The number of aromatic nitrogens is 2. The summed E-state index contributed by atoms with van der Waals surface area (Å²) in [5, 5.41) is 3.67. The molecule has 0 aliphatic carbocycles.